The van der Waals surface area contributed by atoms with Gasteiger partial charge >= 0.3 is 0 Å². The third-order valence-corrected chi connectivity index (χ3v) is 7.52. The fraction of sp³-hybridized carbons (Fsp3) is 0.267. The summed E-state index contributed by atoms with van der Waals surface area (Å²) in [5, 5.41) is 1.07. The highest BCUT2D eigenvalue weighted by atomic mass is 16.2. The molecule has 1 aliphatic heterocycles. The van der Waals surface area contributed by atoms with E-state index in [1.165, 1.54) is 5.56 Å². The number of benzene rings is 3. The number of carbonyl (C=O) groups excluding carboxylic acids is 2. The van der Waals surface area contributed by atoms with E-state index >= 15 is 0 Å². The highest BCUT2D eigenvalue weighted by Crippen LogP contribution is 2.48. The Labute approximate surface area is 206 Å². The molecule has 2 heterocycles. The first-order valence-electron chi connectivity index (χ1n) is 12.2. The number of para-hydroxylation sites is 1. The van der Waals surface area contributed by atoms with Crippen LogP contribution < -0.4 is 5.73 Å². The first kappa shape index (κ1) is 22.9. The highest BCUT2D eigenvalue weighted by molar-refractivity contribution is 6.04. The molecule has 5 nitrogen and oxygen atoms in total. The van der Waals surface area contributed by atoms with Crippen LogP contribution in [-0.4, -0.2) is 27.3 Å². The average Bonchev–Trinajstić information content (AvgIpc) is 3.31. The van der Waals surface area contributed by atoms with Crippen molar-refractivity contribution in [1.82, 2.24) is 9.47 Å². The Morgan fingerprint density at radius 1 is 1.00 bits per heavy atom. The average molecular weight is 466 g/mol. The monoisotopic (exact) mass is 465 g/mol. The smallest absolute Gasteiger partial charge is 0.255 e. The Hall–Kier alpha value is -3.86. The summed E-state index contributed by atoms with van der Waals surface area (Å²) >= 11 is 0. The van der Waals surface area contributed by atoms with Gasteiger partial charge in [0.2, 0.25) is 5.91 Å². The van der Waals surface area contributed by atoms with Gasteiger partial charge in [0.1, 0.15) is 6.04 Å². The van der Waals surface area contributed by atoms with E-state index in [-0.39, 0.29) is 11.8 Å². The van der Waals surface area contributed by atoms with Crippen LogP contribution in [0.4, 0.5) is 0 Å². The largest absolute Gasteiger partial charge is 0.368 e. The number of carbonyl (C=O) groups is 2. The van der Waals surface area contributed by atoms with E-state index in [1.54, 1.807) is 4.90 Å². The number of fused-ring (bicyclic) bond motifs is 2. The summed E-state index contributed by atoms with van der Waals surface area (Å²) < 4.78 is 2.20. The quantitative estimate of drug-likeness (QED) is 0.403. The lowest BCUT2D eigenvalue weighted by molar-refractivity contribution is -0.124. The first-order valence-corrected chi connectivity index (χ1v) is 12.2. The maximum atomic E-state index is 13.9. The number of primary amides is 1. The molecule has 35 heavy (non-hydrogen) atoms. The predicted octanol–water partition coefficient (Wildman–Crippen LogP) is 5.60. The van der Waals surface area contributed by atoms with E-state index in [0.29, 0.717) is 5.56 Å². The van der Waals surface area contributed by atoms with Crippen LogP contribution in [0.1, 0.15) is 53.4 Å². The molecule has 3 unspecified atom stereocenters. The Kier molecular flexibility index (Phi) is 5.72. The molecule has 1 aromatic heterocycles. The van der Waals surface area contributed by atoms with Gasteiger partial charge in [-0.15, -0.1) is 0 Å². The van der Waals surface area contributed by atoms with Crippen molar-refractivity contribution in [2.24, 2.45) is 18.7 Å². The minimum absolute atomic E-state index is 0.0777. The van der Waals surface area contributed by atoms with Gasteiger partial charge in [0.15, 0.2) is 0 Å². The van der Waals surface area contributed by atoms with Gasteiger partial charge in [0.25, 0.3) is 5.91 Å². The summed E-state index contributed by atoms with van der Waals surface area (Å²) in [6.07, 6.45) is 0.737. The molecule has 2 N–H and O–H groups in total. The third-order valence-electron chi connectivity index (χ3n) is 7.52. The lowest BCUT2D eigenvalue weighted by Crippen LogP contribution is -2.50. The fourth-order valence-electron chi connectivity index (χ4n) is 5.59. The molecule has 5 heteroatoms. The lowest BCUT2D eigenvalue weighted by atomic mass is 9.90. The SMILES string of the molecule is CCC(C)C(C(N)=O)N1C(=O)c2ccccc2C1c1c(-c2ccc(C)cc2)n(C)c2ccccc12. The number of rotatable bonds is 6. The van der Waals surface area contributed by atoms with Gasteiger partial charge in [0.05, 0.1) is 11.7 Å². The molecule has 0 spiro atoms. The van der Waals surface area contributed by atoms with E-state index < -0.39 is 18.0 Å². The van der Waals surface area contributed by atoms with Gasteiger partial charge in [-0.2, -0.15) is 0 Å². The molecular formula is C30H31N3O2. The molecule has 0 saturated heterocycles. The molecule has 178 valence electrons. The second-order valence-electron chi connectivity index (χ2n) is 9.64. The van der Waals surface area contributed by atoms with Crippen molar-refractivity contribution in [2.75, 3.05) is 0 Å². The van der Waals surface area contributed by atoms with Crippen LogP contribution in [0.15, 0.2) is 72.8 Å². The summed E-state index contributed by atoms with van der Waals surface area (Å²) in [6, 6.07) is 23.3. The lowest BCUT2D eigenvalue weighted by Gasteiger charge is -2.35. The van der Waals surface area contributed by atoms with Gasteiger partial charge in [-0.25, -0.2) is 0 Å². The van der Waals surface area contributed by atoms with Crippen molar-refractivity contribution < 1.29 is 9.59 Å². The Bertz CT molecular complexity index is 1430. The van der Waals surface area contributed by atoms with Crippen molar-refractivity contribution in [3.05, 3.63) is 95.1 Å². The van der Waals surface area contributed by atoms with Crippen LogP contribution in [0.2, 0.25) is 0 Å². The van der Waals surface area contributed by atoms with Gasteiger partial charge < -0.3 is 15.2 Å². The minimum atomic E-state index is -0.713. The Morgan fingerprint density at radius 2 is 1.66 bits per heavy atom. The van der Waals surface area contributed by atoms with Crippen LogP contribution in [0.25, 0.3) is 22.2 Å². The molecular weight excluding hydrogens is 434 g/mol. The van der Waals surface area contributed by atoms with E-state index in [0.717, 1.165) is 39.7 Å². The Morgan fingerprint density at radius 3 is 2.34 bits per heavy atom. The molecule has 3 aromatic carbocycles. The van der Waals surface area contributed by atoms with E-state index in [2.05, 4.69) is 54.9 Å². The second kappa shape index (κ2) is 8.73. The van der Waals surface area contributed by atoms with Crippen molar-refractivity contribution >= 4 is 22.7 Å². The maximum absolute atomic E-state index is 13.9. The van der Waals surface area contributed by atoms with Crippen molar-refractivity contribution in [3.63, 3.8) is 0 Å². The number of nitrogens with zero attached hydrogens (tertiary/aromatic N) is 2. The van der Waals surface area contributed by atoms with Crippen LogP contribution in [0.5, 0.6) is 0 Å². The van der Waals surface area contributed by atoms with Crippen LogP contribution >= 0.6 is 0 Å². The minimum Gasteiger partial charge on any atom is -0.368 e. The molecule has 0 fully saturated rings. The Balaban J connectivity index is 1.86. The third kappa shape index (κ3) is 3.54. The molecule has 1 aliphatic rings. The van der Waals surface area contributed by atoms with Crippen LogP contribution in [-0.2, 0) is 11.8 Å². The zero-order valence-electron chi connectivity index (χ0n) is 20.7. The van der Waals surface area contributed by atoms with Crippen LogP contribution in [0.3, 0.4) is 0 Å². The molecule has 0 radical (unpaired) electrons. The van der Waals surface area contributed by atoms with Crippen molar-refractivity contribution in [3.8, 4) is 11.3 Å². The van der Waals surface area contributed by atoms with E-state index in [1.807, 2.05) is 50.2 Å². The predicted molar refractivity (Wildman–Crippen MR) is 140 cm³/mol. The zero-order valence-corrected chi connectivity index (χ0v) is 20.7. The molecule has 0 aliphatic carbocycles. The van der Waals surface area contributed by atoms with Crippen LogP contribution in [0, 0.1) is 12.8 Å². The summed E-state index contributed by atoms with van der Waals surface area (Å²) in [4.78, 5) is 28.5. The summed E-state index contributed by atoms with van der Waals surface area (Å²) in [5.41, 5.74) is 12.9. The summed E-state index contributed by atoms with van der Waals surface area (Å²) in [5.74, 6) is -0.689. The number of hydrogen-bond acceptors (Lipinski definition) is 2. The summed E-state index contributed by atoms with van der Waals surface area (Å²) in [7, 11) is 2.06. The number of amides is 2. The normalized spacial score (nSPS) is 17.0. The number of hydrogen-bond donors (Lipinski definition) is 1. The maximum Gasteiger partial charge on any atom is 0.255 e. The van der Waals surface area contributed by atoms with E-state index in [4.69, 9.17) is 5.73 Å². The number of aromatic nitrogens is 1. The fourth-order valence-corrected chi connectivity index (χ4v) is 5.59. The molecule has 3 atom stereocenters. The molecule has 5 rings (SSSR count). The molecule has 0 bridgehead atoms. The first-order chi connectivity index (χ1) is 16.8. The number of aryl methyl sites for hydroxylation is 2. The van der Waals surface area contributed by atoms with Crippen molar-refractivity contribution in [1.29, 1.82) is 0 Å². The van der Waals surface area contributed by atoms with Gasteiger partial charge in [-0.3, -0.25) is 9.59 Å². The second-order valence-corrected chi connectivity index (χ2v) is 9.64. The highest BCUT2D eigenvalue weighted by Gasteiger charge is 2.46. The molecule has 2 amide bonds. The summed E-state index contributed by atoms with van der Waals surface area (Å²) in [6.45, 7) is 6.09. The molecule has 0 saturated carbocycles. The van der Waals surface area contributed by atoms with Gasteiger partial charge in [-0.1, -0.05) is 86.5 Å². The van der Waals surface area contributed by atoms with Gasteiger partial charge in [0, 0.05) is 29.1 Å². The zero-order chi connectivity index (χ0) is 24.9. The van der Waals surface area contributed by atoms with Gasteiger partial charge in [-0.05, 0) is 36.1 Å². The number of nitrogens with two attached hydrogens (primary N) is 1. The topological polar surface area (TPSA) is 68.3 Å². The van der Waals surface area contributed by atoms with Crippen molar-refractivity contribution in [2.45, 2.75) is 39.3 Å². The molecule has 4 aromatic rings. The van der Waals surface area contributed by atoms with E-state index in [9.17, 15) is 9.59 Å². The standard InChI is InChI=1S/C30H31N3O2/c1-5-19(3)26(29(31)34)33-28(21-10-6-7-11-22(21)30(33)35)25-23-12-8-9-13-24(23)32(4)27(25)20-16-14-18(2)15-17-20/h6-17,19,26,28H,5H2,1-4H3,(H2,31,34).